The monoisotopic (exact) mass is 415 g/mol. The van der Waals surface area contributed by atoms with Gasteiger partial charge in [-0.2, -0.15) is 13.2 Å². The molecule has 21 heavy (non-hydrogen) atoms. The highest BCUT2D eigenvalue weighted by molar-refractivity contribution is 14.1. The maximum Gasteiger partial charge on any atom is 0.411 e. The van der Waals surface area contributed by atoms with Crippen LogP contribution in [0.15, 0.2) is 18.2 Å². The normalized spacial score (nSPS) is 14.9. The molecule has 116 valence electrons. The van der Waals surface area contributed by atoms with Gasteiger partial charge in [-0.3, -0.25) is 4.79 Å². The molecule has 0 N–H and O–H groups in total. The highest BCUT2D eigenvalue weighted by Gasteiger charge is 2.28. The van der Waals surface area contributed by atoms with Crippen molar-refractivity contribution in [1.82, 2.24) is 0 Å². The molecule has 0 atom stereocenters. The number of fused-ring (bicyclic) bond motifs is 1. The number of hydrogen-bond donors (Lipinski definition) is 0. The van der Waals surface area contributed by atoms with E-state index in [2.05, 4.69) is 27.3 Å². The molecule has 0 aliphatic carbocycles. The zero-order chi connectivity index (χ0) is 15.5. The van der Waals surface area contributed by atoms with Crippen molar-refractivity contribution in [1.29, 1.82) is 0 Å². The van der Waals surface area contributed by atoms with Crippen LogP contribution < -0.4 is 9.64 Å². The number of alkyl halides is 3. The summed E-state index contributed by atoms with van der Waals surface area (Å²) in [6.07, 6.45) is -4.00. The summed E-state index contributed by atoms with van der Waals surface area (Å²) >= 11 is 2.12. The van der Waals surface area contributed by atoms with Crippen LogP contribution in [0.25, 0.3) is 0 Å². The Hall–Kier alpha value is -1.03. The van der Waals surface area contributed by atoms with Gasteiger partial charge in [0.25, 0.3) is 5.91 Å². The van der Waals surface area contributed by atoms with E-state index in [-0.39, 0.29) is 19.1 Å². The third kappa shape index (κ3) is 4.73. The van der Waals surface area contributed by atoms with Crippen LogP contribution in [0.5, 0.6) is 5.75 Å². The minimum Gasteiger partial charge on any atom is -0.482 e. The van der Waals surface area contributed by atoms with Crippen LogP contribution in [0, 0.1) is 3.57 Å². The van der Waals surface area contributed by atoms with Crippen LogP contribution >= 0.6 is 22.6 Å². The lowest BCUT2D eigenvalue weighted by atomic mass is 10.2. The van der Waals surface area contributed by atoms with E-state index in [9.17, 15) is 18.0 Å². The summed E-state index contributed by atoms with van der Waals surface area (Å²) in [6, 6.07) is 5.44. The topological polar surface area (TPSA) is 38.8 Å². The number of amides is 1. The molecule has 0 saturated heterocycles. The Morgan fingerprint density at radius 3 is 2.86 bits per heavy atom. The highest BCUT2D eigenvalue weighted by Crippen LogP contribution is 2.33. The molecular weight excluding hydrogens is 402 g/mol. The third-order valence-corrected chi connectivity index (χ3v) is 3.47. The Kier molecular flexibility index (Phi) is 5.31. The lowest BCUT2D eigenvalue weighted by Gasteiger charge is -2.29. The zero-order valence-electron chi connectivity index (χ0n) is 11.0. The van der Waals surface area contributed by atoms with Crippen molar-refractivity contribution < 1.29 is 27.4 Å². The van der Waals surface area contributed by atoms with E-state index in [1.165, 1.54) is 4.90 Å². The second-order valence-corrected chi connectivity index (χ2v) is 5.71. The second kappa shape index (κ2) is 6.82. The van der Waals surface area contributed by atoms with Gasteiger partial charge in [0.15, 0.2) is 6.61 Å². The Morgan fingerprint density at radius 2 is 2.14 bits per heavy atom. The van der Waals surface area contributed by atoms with E-state index in [0.29, 0.717) is 24.4 Å². The van der Waals surface area contributed by atoms with Crippen LogP contribution in [0.1, 0.15) is 6.42 Å². The molecule has 0 unspecified atom stereocenters. The molecule has 1 aromatic carbocycles. The van der Waals surface area contributed by atoms with Crippen LogP contribution in [0.3, 0.4) is 0 Å². The van der Waals surface area contributed by atoms with E-state index in [0.717, 1.165) is 3.57 Å². The fourth-order valence-corrected chi connectivity index (χ4v) is 2.41. The fourth-order valence-electron chi connectivity index (χ4n) is 1.93. The van der Waals surface area contributed by atoms with Gasteiger partial charge in [-0.05, 0) is 47.2 Å². The van der Waals surface area contributed by atoms with Crippen molar-refractivity contribution in [3.63, 3.8) is 0 Å². The van der Waals surface area contributed by atoms with E-state index < -0.39 is 12.8 Å². The molecule has 0 radical (unpaired) electrons. The van der Waals surface area contributed by atoms with Crippen molar-refractivity contribution in [3.05, 3.63) is 21.8 Å². The average molecular weight is 415 g/mol. The molecule has 1 aliphatic heterocycles. The van der Waals surface area contributed by atoms with Crippen LogP contribution in [0.4, 0.5) is 18.9 Å². The van der Waals surface area contributed by atoms with Crippen LogP contribution in [-0.2, 0) is 9.53 Å². The summed E-state index contributed by atoms with van der Waals surface area (Å²) < 4.78 is 46.6. The number of halogens is 4. The van der Waals surface area contributed by atoms with Crippen molar-refractivity contribution in [2.24, 2.45) is 0 Å². The molecule has 2 rings (SSSR count). The van der Waals surface area contributed by atoms with Gasteiger partial charge in [-0.1, -0.05) is 0 Å². The van der Waals surface area contributed by atoms with Gasteiger partial charge < -0.3 is 14.4 Å². The summed E-state index contributed by atoms with van der Waals surface area (Å²) in [5, 5.41) is 0. The number of anilines is 1. The molecule has 0 bridgehead atoms. The first kappa shape index (κ1) is 16.3. The van der Waals surface area contributed by atoms with Gasteiger partial charge in [0.05, 0.1) is 5.69 Å². The van der Waals surface area contributed by atoms with Crippen molar-refractivity contribution in [2.75, 3.05) is 31.3 Å². The molecule has 0 fully saturated rings. The summed E-state index contributed by atoms with van der Waals surface area (Å²) in [6.45, 7) is -1.08. The second-order valence-electron chi connectivity index (χ2n) is 4.47. The van der Waals surface area contributed by atoms with Crippen molar-refractivity contribution >= 4 is 34.2 Å². The van der Waals surface area contributed by atoms with Crippen molar-refractivity contribution in [3.8, 4) is 5.75 Å². The molecule has 1 heterocycles. The van der Waals surface area contributed by atoms with Gasteiger partial charge in [0, 0.05) is 16.7 Å². The Bertz CT molecular complexity index is 522. The molecule has 0 saturated carbocycles. The minimum atomic E-state index is -4.32. The van der Waals surface area contributed by atoms with Gasteiger partial charge in [0.2, 0.25) is 0 Å². The molecule has 4 nitrogen and oxygen atoms in total. The number of nitrogens with zero attached hydrogens (tertiary/aromatic N) is 1. The fraction of sp³-hybridized carbons (Fsp3) is 0.462. The van der Waals surface area contributed by atoms with E-state index in [1.54, 1.807) is 6.07 Å². The van der Waals surface area contributed by atoms with Crippen molar-refractivity contribution in [2.45, 2.75) is 12.6 Å². The quantitative estimate of drug-likeness (QED) is 0.549. The predicted octanol–water partition coefficient (Wildman–Crippen LogP) is 2.99. The van der Waals surface area contributed by atoms with Gasteiger partial charge >= 0.3 is 6.18 Å². The Morgan fingerprint density at radius 1 is 1.38 bits per heavy atom. The molecule has 1 aliphatic rings. The number of carbonyl (C=O) groups excluding carboxylic acids is 1. The lowest BCUT2D eigenvalue weighted by Crippen LogP contribution is -2.39. The van der Waals surface area contributed by atoms with Crippen LogP contribution in [0.2, 0.25) is 0 Å². The van der Waals surface area contributed by atoms with E-state index in [1.807, 2.05) is 12.1 Å². The summed E-state index contributed by atoms with van der Waals surface area (Å²) in [5.41, 5.74) is 0.647. The number of hydrogen-bond acceptors (Lipinski definition) is 3. The summed E-state index contributed by atoms with van der Waals surface area (Å²) in [4.78, 5) is 13.4. The number of rotatable bonds is 5. The molecule has 0 aromatic heterocycles. The average Bonchev–Trinajstić information content (AvgIpc) is 2.39. The highest BCUT2D eigenvalue weighted by atomic mass is 127. The Balaban J connectivity index is 1.91. The maximum absolute atomic E-state index is 11.9. The third-order valence-electron chi connectivity index (χ3n) is 2.80. The first-order valence-corrected chi connectivity index (χ1v) is 7.32. The number of benzene rings is 1. The first-order chi connectivity index (χ1) is 9.87. The van der Waals surface area contributed by atoms with Crippen LogP contribution in [-0.4, -0.2) is 38.4 Å². The molecular formula is C13H13F3INO3. The first-order valence-electron chi connectivity index (χ1n) is 6.24. The Labute approximate surface area is 133 Å². The summed E-state index contributed by atoms with van der Waals surface area (Å²) in [5.74, 6) is 0.395. The number of carbonyl (C=O) groups is 1. The standard InChI is InChI=1S/C13H13F3INO3/c14-13(15,16)8-20-5-1-4-18-10-6-9(17)2-3-11(10)21-7-12(18)19/h2-3,6H,1,4-5,7-8H2. The minimum absolute atomic E-state index is 0.0522. The lowest BCUT2D eigenvalue weighted by molar-refractivity contribution is -0.173. The number of ether oxygens (including phenoxy) is 2. The molecule has 1 aromatic rings. The van der Waals surface area contributed by atoms with Gasteiger partial charge in [0.1, 0.15) is 12.4 Å². The van der Waals surface area contributed by atoms with Gasteiger partial charge in [-0.15, -0.1) is 0 Å². The largest absolute Gasteiger partial charge is 0.482 e. The van der Waals surface area contributed by atoms with E-state index >= 15 is 0 Å². The SMILES string of the molecule is O=C1COc2ccc(I)cc2N1CCCOCC(F)(F)F. The molecule has 8 heteroatoms. The summed E-state index contributed by atoms with van der Waals surface area (Å²) in [7, 11) is 0. The smallest absolute Gasteiger partial charge is 0.411 e. The molecule has 0 spiro atoms. The zero-order valence-corrected chi connectivity index (χ0v) is 13.1. The van der Waals surface area contributed by atoms with E-state index in [4.69, 9.17) is 4.74 Å². The predicted molar refractivity (Wildman–Crippen MR) is 78.5 cm³/mol. The van der Waals surface area contributed by atoms with Gasteiger partial charge in [-0.25, -0.2) is 0 Å². The maximum atomic E-state index is 11.9. The molecule has 1 amide bonds.